The largest absolute Gasteiger partial charge is 0.352 e. The SMILES string of the molecule is Cc1c(Cl)cccc1NC(=O)c1cnc(N2CCN(C=O)CC2)cn1. The van der Waals surface area contributed by atoms with Gasteiger partial charge in [-0.15, -0.1) is 0 Å². The Morgan fingerprint density at radius 2 is 1.96 bits per heavy atom. The van der Waals surface area contributed by atoms with E-state index >= 15 is 0 Å². The summed E-state index contributed by atoms with van der Waals surface area (Å²) >= 11 is 6.06. The van der Waals surface area contributed by atoms with Gasteiger partial charge in [-0.1, -0.05) is 17.7 Å². The molecule has 1 aromatic carbocycles. The first kappa shape index (κ1) is 17.2. The van der Waals surface area contributed by atoms with E-state index < -0.39 is 0 Å². The molecule has 2 amide bonds. The van der Waals surface area contributed by atoms with E-state index in [1.165, 1.54) is 6.20 Å². The molecule has 1 aliphatic heterocycles. The number of rotatable bonds is 4. The van der Waals surface area contributed by atoms with Gasteiger partial charge in [-0.05, 0) is 24.6 Å². The van der Waals surface area contributed by atoms with E-state index in [9.17, 15) is 9.59 Å². The molecular formula is C17H18ClN5O2. The molecule has 1 N–H and O–H groups in total. The van der Waals surface area contributed by atoms with E-state index in [-0.39, 0.29) is 11.6 Å². The number of nitrogens with zero attached hydrogens (tertiary/aromatic N) is 4. The fraction of sp³-hybridized carbons (Fsp3) is 0.294. The normalized spacial score (nSPS) is 14.3. The molecule has 0 aliphatic carbocycles. The highest BCUT2D eigenvalue weighted by atomic mass is 35.5. The van der Waals surface area contributed by atoms with Crippen LogP contribution in [-0.4, -0.2) is 53.4 Å². The summed E-state index contributed by atoms with van der Waals surface area (Å²) in [5, 5.41) is 3.39. The smallest absolute Gasteiger partial charge is 0.275 e. The van der Waals surface area contributed by atoms with E-state index in [1.807, 2.05) is 11.8 Å². The number of hydrogen-bond donors (Lipinski definition) is 1. The Morgan fingerprint density at radius 3 is 2.60 bits per heavy atom. The Labute approximate surface area is 150 Å². The van der Waals surface area contributed by atoms with Crippen LogP contribution < -0.4 is 10.2 Å². The molecule has 0 atom stereocenters. The average molecular weight is 360 g/mol. The zero-order valence-electron chi connectivity index (χ0n) is 13.8. The Balaban J connectivity index is 1.67. The minimum atomic E-state index is -0.338. The summed E-state index contributed by atoms with van der Waals surface area (Å²) in [6.07, 6.45) is 3.89. The molecule has 2 heterocycles. The van der Waals surface area contributed by atoms with Crippen molar-refractivity contribution in [3.05, 3.63) is 46.9 Å². The van der Waals surface area contributed by atoms with Crippen LogP contribution in [0.15, 0.2) is 30.6 Å². The highest BCUT2D eigenvalue weighted by Crippen LogP contribution is 2.23. The van der Waals surface area contributed by atoms with Gasteiger partial charge in [0, 0.05) is 36.9 Å². The Hall–Kier alpha value is -2.67. The molecule has 1 aromatic heterocycles. The second-order valence-corrected chi connectivity index (χ2v) is 6.16. The Bertz CT molecular complexity index is 773. The number of hydrogen-bond acceptors (Lipinski definition) is 5. The molecule has 3 rings (SSSR count). The molecule has 130 valence electrons. The monoisotopic (exact) mass is 359 g/mol. The summed E-state index contributed by atoms with van der Waals surface area (Å²) in [6.45, 7) is 4.54. The number of nitrogens with one attached hydrogen (secondary N) is 1. The maximum Gasteiger partial charge on any atom is 0.275 e. The van der Waals surface area contributed by atoms with Crippen LogP contribution in [-0.2, 0) is 4.79 Å². The van der Waals surface area contributed by atoms with Crippen molar-refractivity contribution >= 4 is 35.4 Å². The van der Waals surface area contributed by atoms with Gasteiger partial charge in [0.05, 0.1) is 12.4 Å². The zero-order chi connectivity index (χ0) is 17.8. The van der Waals surface area contributed by atoms with Crippen molar-refractivity contribution in [2.24, 2.45) is 0 Å². The van der Waals surface area contributed by atoms with Crippen molar-refractivity contribution < 1.29 is 9.59 Å². The van der Waals surface area contributed by atoms with Crippen molar-refractivity contribution in [1.82, 2.24) is 14.9 Å². The lowest BCUT2D eigenvalue weighted by molar-refractivity contribution is -0.118. The molecular weight excluding hydrogens is 342 g/mol. The molecule has 1 aliphatic rings. The minimum absolute atomic E-state index is 0.231. The summed E-state index contributed by atoms with van der Waals surface area (Å²) in [6, 6.07) is 5.33. The second kappa shape index (κ2) is 7.48. The molecule has 1 fully saturated rings. The van der Waals surface area contributed by atoms with Crippen molar-refractivity contribution in [3.8, 4) is 0 Å². The number of aromatic nitrogens is 2. The highest BCUT2D eigenvalue weighted by Gasteiger charge is 2.18. The number of carbonyl (C=O) groups excluding carboxylic acids is 2. The second-order valence-electron chi connectivity index (χ2n) is 5.75. The van der Waals surface area contributed by atoms with Crippen LogP contribution in [0.2, 0.25) is 5.02 Å². The fourth-order valence-electron chi connectivity index (χ4n) is 2.59. The van der Waals surface area contributed by atoms with Crippen LogP contribution in [0.3, 0.4) is 0 Å². The van der Waals surface area contributed by atoms with Crippen molar-refractivity contribution in [3.63, 3.8) is 0 Å². The van der Waals surface area contributed by atoms with Crippen LogP contribution in [0.4, 0.5) is 11.5 Å². The average Bonchev–Trinajstić information content (AvgIpc) is 2.65. The molecule has 0 radical (unpaired) electrons. The van der Waals surface area contributed by atoms with Gasteiger partial charge < -0.3 is 15.1 Å². The number of carbonyl (C=O) groups is 2. The molecule has 0 bridgehead atoms. The van der Waals surface area contributed by atoms with Crippen molar-refractivity contribution in [1.29, 1.82) is 0 Å². The molecule has 7 nitrogen and oxygen atoms in total. The first-order chi connectivity index (χ1) is 12.1. The van der Waals surface area contributed by atoms with Gasteiger partial charge in [-0.2, -0.15) is 0 Å². The Kier molecular flexibility index (Phi) is 5.14. The van der Waals surface area contributed by atoms with Crippen LogP contribution in [0.25, 0.3) is 0 Å². The molecule has 0 spiro atoms. The van der Waals surface area contributed by atoms with E-state index in [2.05, 4.69) is 15.3 Å². The van der Waals surface area contributed by atoms with Gasteiger partial charge in [-0.3, -0.25) is 9.59 Å². The Morgan fingerprint density at radius 1 is 1.20 bits per heavy atom. The lowest BCUT2D eigenvalue weighted by Crippen LogP contribution is -2.46. The number of piperazine rings is 1. The van der Waals surface area contributed by atoms with Crippen LogP contribution in [0, 0.1) is 6.92 Å². The molecule has 0 saturated carbocycles. The third-order valence-corrected chi connectivity index (χ3v) is 4.58. The van der Waals surface area contributed by atoms with E-state index in [1.54, 1.807) is 29.3 Å². The topological polar surface area (TPSA) is 78.4 Å². The zero-order valence-corrected chi connectivity index (χ0v) is 14.5. The fourth-order valence-corrected chi connectivity index (χ4v) is 2.76. The molecule has 2 aromatic rings. The summed E-state index contributed by atoms with van der Waals surface area (Å²) in [7, 11) is 0. The van der Waals surface area contributed by atoms with Gasteiger partial charge in [-0.25, -0.2) is 9.97 Å². The highest BCUT2D eigenvalue weighted by molar-refractivity contribution is 6.31. The maximum atomic E-state index is 12.3. The lowest BCUT2D eigenvalue weighted by Gasteiger charge is -2.33. The van der Waals surface area contributed by atoms with Gasteiger partial charge in [0.25, 0.3) is 5.91 Å². The van der Waals surface area contributed by atoms with Crippen molar-refractivity contribution in [2.45, 2.75) is 6.92 Å². The molecule has 8 heteroatoms. The maximum absolute atomic E-state index is 12.3. The van der Waals surface area contributed by atoms with Gasteiger partial charge in [0.15, 0.2) is 0 Å². The van der Waals surface area contributed by atoms with Gasteiger partial charge >= 0.3 is 0 Å². The molecule has 1 saturated heterocycles. The van der Waals surface area contributed by atoms with Crippen molar-refractivity contribution in [2.75, 3.05) is 36.4 Å². The lowest BCUT2D eigenvalue weighted by atomic mass is 10.2. The molecule has 0 unspecified atom stereocenters. The predicted octanol–water partition coefficient (Wildman–Crippen LogP) is 1.97. The van der Waals surface area contributed by atoms with Gasteiger partial charge in [0.2, 0.25) is 6.41 Å². The third kappa shape index (κ3) is 3.88. The molecule has 25 heavy (non-hydrogen) atoms. The van der Waals surface area contributed by atoms with Crippen LogP contribution in [0.1, 0.15) is 16.1 Å². The minimum Gasteiger partial charge on any atom is -0.352 e. The van der Waals surface area contributed by atoms with E-state index in [4.69, 9.17) is 11.6 Å². The van der Waals surface area contributed by atoms with E-state index in [0.717, 1.165) is 12.0 Å². The first-order valence-electron chi connectivity index (χ1n) is 7.91. The quantitative estimate of drug-likeness (QED) is 0.844. The summed E-state index contributed by atoms with van der Waals surface area (Å²) < 4.78 is 0. The van der Waals surface area contributed by atoms with Gasteiger partial charge in [0.1, 0.15) is 11.5 Å². The summed E-state index contributed by atoms with van der Waals surface area (Å²) in [5.41, 5.74) is 1.68. The first-order valence-corrected chi connectivity index (χ1v) is 8.29. The summed E-state index contributed by atoms with van der Waals surface area (Å²) in [4.78, 5) is 35.4. The number of amides is 2. The predicted molar refractivity (Wildman–Crippen MR) is 96.0 cm³/mol. The third-order valence-electron chi connectivity index (χ3n) is 4.17. The standard InChI is InChI=1S/C17H18ClN5O2/c1-12-13(18)3-2-4-14(12)21-17(25)15-9-20-16(10-19-15)23-7-5-22(11-24)6-8-23/h2-4,9-11H,5-8H2,1H3,(H,21,25). The number of benzene rings is 1. The van der Waals surface area contributed by atoms with Crippen LogP contribution in [0.5, 0.6) is 0 Å². The van der Waals surface area contributed by atoms with E-state index in [0.29, 0.717) is 42.7 Å². The summed E-state index contributed by atoms with van der Waals surface area (Å²) in [5.74, 6) is 0.358. The van der Waals surface area contributed by atoms with Crippen LogP contribution >= 0.6 is 11.6 Å². The number of halogens is 1. The number of anilines is 2.